The molecule has 24 heavy (non-hydrogen) atoms. The maximum Gasteiger partial charge on any atom is 0.242 e. The molecule has 0 saturated heterocycles. The molecule has 0 spiro atoms. The minimum absolute atomic E-state index is 0.000982. The van der Waals surface area contributed by atoms with Gasteiger partial charge in [-0.15, -0.1) is 11.6 Å². The van der Waals surface area contributed by atoms with Crippen molar-refractivity contribution < 1.29 is 4.79 Å². The van der Waals surface area contributed by atoms with Crippen LogP contribution in [-0.2, 0) is 10.2 Å². The minimum atomic E-state index is -0.306. The Kier molecular flexibility index (Phi) is 4.21. The SMILES string of the molecule is Cc1ccc([C@]2(C)CC(C)(C)N(C(=O)CCl)c3ccccc32)cc1. The third-order valence-corrected chi connectivity index (χ3v) is 5.41. The number of fused-ring (bicyclic) bond motifs is 1. The number of hydrogen-bond donors (Lipinski definition) is 0. The van der Waals surface area contributed by atoms with E-state index in [9.17, 15) is 4.79 Å². The predicted octanol–water partition coefficient (Wildman–Crippen LogP) is 5.06. The topological polar surface area (TPSA) is 20.3 Å². The van der Waals surface area contributed by atoms with Crippen molar-refractivity contribution in [2.24, 2.45) is 0 Å². The lowest BCUT2D eigenvalue weighted by Crippen LogP contribution is -2.56. The van der Waals surface area contributed by atoms with Gasteiger partial charge in [-0.25, -0.2) is 0 Å². The number of hydrogen-bond acceptors (Lipinski definition) is 1. The summed E-state index contributed by atoms with van der Waals surface area (Å²) in [5.41, 5.74) is 4.25. The molecule has 3 heteroatoms. The van der Waals surface area contributed by atoms with E-state index in [1.54, 1.807) is 0 Å². The van der Waals surface area contributed by atoms with Gasteiger partial charge in [0, 0.05) is 16.6 Å². The lowest BCUT2D eigenvalue weighted by atomic mass is 9.65. The first-order valence-corrected chi connectivity index (χ1v) is 8.89. The van der Waals surface area contributed by atoms with Crippen LogP contribution in [-0.4, -0.2) is 17.3 Å². The van der Waals surface area contributed by atoms with Crippen molar-refractivity contribution in [2.45, 2.75) is 45.1 Å². The van der Waals surface area contributed by atoms with E-state index in [4.69, 9.17) is 11.6 Å². The van der Waals surface area contributed by atoms with Crippen LogP contribution in [0.5, 0.6) is 0 Å². The number of nitrogens with zero attached hydrogens (tertiary/aromatic N) is 1. The van der Waals surface area contributed by atoms with Crippen molar-refractivity contribution in [3.05, 3.63) is 65.2 Å². The number of aryl methyl sites for hydroxylation is 1. The fourth-order valence-corrected chi connectivity index (χ4v) is 4.33. The van der Waals surface area contributed by atoms with Crippen LogP contribution in [0.4, 0.5) is 5.69 Å². The quantitative estimate of drug-likeness (QED) is 0.699. The molecular weight excluding hydrogens is 318 g/mol. The van der Waals surface area contributed by atoms with Gasteiger partial charge in [-0.3, -0.25) is 4.79 Å². The van der Waals surface area contributed by atoms with Crippen molar-refractivity contribution in [2.75, 3.05) is 10.8 Å². The third-order valence-electron chi connectivity index (χ3n) is 5.18. The van der Waals surface area contributed by atoms with Crippen LogP contribution < -0.4 is 4.90 Å². The average Bonchev–Trinajstić information content (AvgIpc) is 2.54. The summed E-state index contributed by atoms with van der Waals surface area (Å²) in [6, 6.07) is 16.9. The highest BCUT2D eigenvalue weighted by atomic mass is 35.5. The maximum atomic E-state index is 12.5. The summed E-state index contributed by atoms with van der Waals surface area (Å²) in [7, 11) is 0. The molecule has 1 aliphatic rings. The zero-order valence-corrected chi connectivity index (χ0v) is 15.5. The fraction of sp³-hybridized carbons (Fsp3) is 0.381. The molecule has 0 unspecified atom stereocenters. The van der Waals surface area contributed by atoms with Crippen molar-refractivity contribution in [1.82, 2.24) is 0 Å². The Bertz CT molecular complexity index is 766. The van der Waals surface area contributed by atoms with E-state index < -0.39 is 0 Å². The van der Waals surface area contributed by atoms with Crippen LogP contribution in [0.3, 0.4) is 0 Å². The Morgan fingerprint density at radius 1 is 1.08 bits per heavy atom. The number of rotatable bonds is 2. The van der Waals surface area contributed by atoms with E-state index >= 15 is 0 Å². The molecule has 0 saturated carbocycles. The first kappa shape index (κ1) is 17.0. The molecule has 1 heterocycles. The smallest absolute Gasteiger partial charge is 0.242 e. The number of carbonyl (C=O) groups is 1. The normalized spacial score (nSPS) is 22.1. The lowest BCUT2D eigenvalue weighted by molar-refractivity contribution is -0.117. The van der Waals surface area contributed by atoms with E-state index in [2.05, 4.69) is 58.0 Å². The van der Waals surface area contributed by atoms with Gasteiger partial charge in [-0.1, -0.05) is 55.0 Å². The molecule has 2 aromatic carbocycles. The second-order valence-electron chi connectivity index (χ2n) is 7.57. The number of halogens is 1. The number of anilines is 1. The van der Waals surface area contributed by atoms with Crippen molar-refractivity contribution in [1.29, 1.82) is 0 Å². The van der Waals surface area contributed by atoms with Gasteiger partial charge in [0.15, 0.2) is 0 Å². The molecular formula is C21H24ClNO. The molecule has 0 N–H and O–H groups in total. The molecule has 3 rings (SSSR count). The highest BCUT2D eigenvalue weighted by Gasteiger charge is 2.47. The van der Waals surface area contributed by atoms with Crippen LogP contribution in [0.25, 0.3) is 0 Å². The van der Waals surface area contributed by atoms with Gasteiger partial charge >= 0.3 is 0 Å². The van der Waals surface area contributed by atoms with Gasteiger partial charge < -0.3 is 4.90 Å². The molecule has 0 aliphatic carbocycles. The molecule has 2 aromatic rings. The molecule has 0 fully saturated rings. The molecule has 126 valence electrons. The lowest BCUT2D eigenvalue weighted by Gasteiger charge is -2.51. The Morgan fingerprint density at radius 2 is 1.71 bits per heavy atom. The minimum Gasteiger partial charge on any atom is -0.305 e. The highest BCUT2D eigenvalue weighted by molar-refractivity contribution is 6.29. The Morgan fingerprint density at radius 3 is 2.33 bits per heavy atom. The van der Waals surface area contributed by atoms with Gasteiger partial charge in [0.1, 0.15) is 5.88 Å². The number of carbonyl (C=O) groups excluding carboxylic acids is 1. The summed E-state index contributed by atoms with van der Waals surface area (Å²) >= 11 is 5.89. The Labute approximate surface area is 149 Å². The fourth-order valence-electron chi connectivity index (χ4n) is 4.21. The molecule has 1 aliphatic heterocycles. The summed E-state index contributed by atoms with van der Waals surface area (Å²) in [5, 5.41) is 0. The van der Waals surface area contributed by atoms with Crippen LogP contribution in [0.2, 0.25) is 0 Å². The number of para-hydroxylation sites is 1. The Hall–Kier alpha value is -1.80. The number of amides is 1. The summed E-state index contributed by atoms with van der Waals surface area (Å²) in [4.78, 5) is 14.4. The standard InChI is InChI=1S/C21H24ClNO/c1-15-9-11-16(12-10-15)21(4)14-20(2,3)23(19(24)13-22)18-8-6-5-7-17(18)21/h5-12H,13-14H2,1-4H3/t21-/m0/s1. The monoisotopic (exact) mass is 341 g/mol. The third kappa shape index (κ3) is 2.63. The summed E-state index contributed by atoms with van der Waals surface area (Å²) < 4.78 is 0. The van der Waals surface area contributed by atoms with E-state index in [1.807, 2.05) is 23.1 Å². The van der Waals surface area contributed by atoms with Gasteiger partial charge in [0.05, 0.1) is 0 Å². The predicted molar refractivity (Wildman–Crippen MR) is 101 cm³/mol. The van der Waals surface area contributed by atoms with Crippen LogP contribution in [0.1, 0.15) is 43.9 Å². The first-order valence-electron chi connectivity index (χ1n) is 8.35. The largest absolute Gasteiger partial charge is 0.305 e. The molecule has 0 bridgehead atoms. The van der Waals surface area contributed by atoms with Gasteiger partial charge in [0.2, 0.25) is 5.91 Å². The average molecular weight is 342 g/mol. The number of benzene rings is 2. The maximum absolute atomic E-state index is 12.5. The van der Waals surface area contributed by atoms with Crippen molar-refractivity contribution in [3.63, 3.8) is 0 Å². The van der Waals surface area contributed by atoms with E-state index in [-0.39, 0.29) is 22.7 Å². The van der Waals surface area contributed by atoms with Crippen molar-refractivity contribution in [3.8, 4) is 0 Å². The van der Waals surface area contributed by atoms with Gasteiger partial charge in [-0.05, 0) is 44.4 Å². The molecule has 2 nitrogen and oxygen atoms in total. The molecule has 0 radical (unpaired) electrons. The van der Waals surface area contributed by atoms with E-state index in [0.717, 1.165) is 12.1 Å². The van der Waals surface area contributed by atoms with E-state index in [1.165, 1.54) is 16.7 Å². The van der Waals surface area contributed by atoms with E-state index in [0.29, 0.717) is 0 Å². The Balaban J connectivity index is 2.23. The highest BCUT2D eigenvalue weighted by Crippen LogP contribution is 2.50. The zero-order valence-electron chi connectivity index (χ0n) is 14.8. The number of alkyl halides is 1. The summed E-state index contributed by atoms with van der Waals surface area (Å²) in [5.74, 6) is -0.0426. The second-order valence-corrected chi connectivity index (χ2v) is 7.83. The zero-order chi connectivity index (χ0) is 17.5. The molecule has 1 atom stereocenters. The van der Waals surface area contributed by atoms with Crippen LogP contribution in [0.15, 0.2) is 48.5 Å². The van der Waals surface area contributed by atoms with Gasteiger partial charge in [-0.2, -0.15) is 0 Å². The van der Waals surface area contributed by atoms with Crippen LogP contribution >= 0.6 is 11.6 Å². The van der Waals surface area contributed by atoms with Crippen molar-refractivity contribution >= 4 is 23.2 Å². The second kappa shape index (κ2) is 5.93. The molecule has 0 aromatic heterocycles. The molecule has 1 amide bonds. The van der Waals surface area contributed by atoms with Crippen LogP contribution in [0, 0.1) is 6.92 Å². The van der Waals surface area contributed by atoms with Gasteiger partial charge in [0.25, 0.3) is 0 Å². The first-order chi connectivity index (χ1) is 11.3. The summed E-state index contributed by atoms with van der Waals surface area (Å²) in [6.45, 7) is 8.63. The summed E-state index contributed by atoms with van der Waals surface area (Å²) in [6.07, 6.45) is 0.850.